The van der Waals surface area contributed by atoms with Crippen molar-refractivity contribution in [1.82, 2.24) is 4.90 Å². The monoisotopic (exact) mass is 423 g/mol. The molecule has 28 heavy (non-hydrogen) atoms. The molecular weight excluding hydrogens is 397 g/mol. The molecule has 2 aromatic rings. The predicted molar refractivity (Wildman–Crippen MR) is 113 cm³/mol. The molecule has 1 aliphatic rings. The van der Waals surface area contributed by atoms with E-state index >= 15 is 0 Å². The van der Waals surface area contributed by atoms with Gasteiger partial charge in [0.25, 0.3) is 0 Å². The number of hydrogen-bond donors (Lipinski definition) is 1. The van der Waals surface area contributed by atoms with Crippen molar-refractivity contribution in [2.45, 2.75) is 38.3 Å². The largest absolute Gasteiger partial charge is 0.389 e. The van der Waals surface area contributed by atoms with Crippen LogP contribution in [-0.4, -0.2) is 54.6 Å². The van der Waals surface area contributed by atoms with Gasteiger partial charge in [-0.05, 0) is 49.2 Å². The predicted octanol–water partition coefficient (Wildman–Crippen LogP) is 4.57. The second kappa shape index (κ2) is 10.1. The lowest BCUT2D eigenvalue weighted by Crippen LogP contribution is -2.48. The zero-order chi connectivity index (χ0) is 20.1. The lowest BCUT2D eigenvalue weighted by atomic mass is 10.0. The van der Waals surface area contributed by atoms with E-state index in [9.17, 15) is 5.11 Å². The molecule has 1 aliphatic heterocycles. The van der Waals surface area contributed by atoms with Gasteiger partial charge in [-0.15, -0.1) is 0 Å². The molecule has 0 spiro atoms. The first-order valence-corrected chi connectivity index (χ1v) is 10.3. The first kappa shape index (κ1) is 21.6. The molecule has 3 atom stereocenters. The van der Waals surface area contributed by atoms with E-state index in [4.69, 9.17) is 32.7 Å². The Kier molecular flexibility index (Phi) is 7.75. The van der Waals surface area contributed by atoms with Gasteiger partial charge in [-0.1, -0.05) is 47.5 Å². The van der Waals surface area contributed by atoms with Crippen LogP contribution >= 0.6 is 23.2 Å². The number of ether oxygens (including phenoxy) is 2. The topological polar surface area (TPSA) is 41.9 Å². The summed E-state index contributed by atoms with van der Waals surface area (Å²) in [5, 5.41) is 11.9. The van der Waals surface area contributed by atoms with Crippen molar-refractivity contribution in [2.75, 3.05) is 26.2 Å². The van der Waals surface area contributed by atoms with Crippen LogP contribution in [0.4, 0.5) is 0 Å². The average molecular weight is 424 g/mol. The van der Waals surface area contributed by atoms with Gasteiger partial charge in [-0.3, -0.25) is 4.90 Å². The molecule has 1 heterocycles. The molecule has 1 fully saturated rings. The van der Waals surface area contributed by atoms with Crippen molar-refractivity contribution < 1.29 is 14.6 Å². The zero-order valence-corrected chi connectivity index (χ0v) is 17.7. The Morgan fingerprint density at radius 1 is 0.964 bits per heavy atom. The summed E-state index contributed by atoms with van der Waals surface area (Å²) >= 11 is 12.1. The minimum atomic E-state index is -0.584. The Hall–Kier alpha value is -1.14. The van der Waals surface area contributed by atoms with Crippen molar-refractivity contribution >= 4 is 23.2 Å². The number of nitrogens with zero attached hydrogens (tertiary/aromatic N) is 1. The summed E-state index contributed by atoms with van der Waals surface area (Å²) < 4.78 is 11.9. The highest BCUT2D eigenvalue weighted by atomic mass is 35.5. The molecule has 1 saturated heterocycles. The van der Waals surface area contributed by atoms with E-state index in [0.29, 0.717) is 16.6 Å². The van der Waals surface area contributed by atoms with E-state index in [-0.39, 0.29) is 24.9 Å². The van der Waals surface area contributed by atoms with Crippen LogP contribution < -0.4 is 0 Å². The molecule has 0 saturated carbocycles. The molecule has 6 heteroatoms. The van der Waals surface area contributed by atoms with Gasteiger partial charge >= 0.3 is 0 Å². The summed E-state index contributed by atoms with van der Waals surface area (Å²) in [4.78, 5) is 2.23. The maximum Gasteiger partial charge on any atom is 0.108 e. The standard InChI is InChI=1S/C22H27Cl2NO3/c1-15-11-25(12-16(2)28-15)13-21(26)14-27-22(17-3-7-19(23)8-4-17)18-5-9-20(24)10-6-18/h3-10,15-16,21-22,26H,11-14H2,1-2H3/t15-,16+,21-/m0/s1. The molecule has 4 nitrogen and oxygen atoms in total. The minimum Gasteiger partial charge on any atom is -0.389 e. The first-order valence-electron chi connectivity index (χ1n) is 9.59. The van der Waals surface area contributed by atoms with Crippen LogP contribution in [0.3, 0.4) is 0 Å². The van der Waals surface area contributed by atoms with E-state index in [1.54, 1.807) is 0 Å². The minimum absolute atomic E-state index is 0.174. The third-order valence-electron chi connectivity index (χ3n) is 4.76. The maximum absolute atomic E-state index is 10.6. The van der Waals surface area contributed by atoms with Crippen LogP contribution in [0, 0.1) is 0 Å². The van der Waals surface area contributed by atoms with Crippen molar-refractivity contribution in [3.05, 3.63) is 69.7 Å². The second-order valence-corrected chi connectivity index (χ2v) is 8.32. The van der Waals surface area contributed by atoms with Crippen LogP contribution in [0.5, 0.6) is 0 Å². The van der Waals surface area contributed by atoms with Crippen molar-refractivity contribution in [3.8, 4) is 0 Å². The van der Waals surface area contributed by atoms with Crippen LogP contribution in [0.1, 0.15) is 31.1 Å². The average Bonchev–Trinajstić information content (AvgIpc) is 2.64. The van der Waals surface area contributed by atoms with Gasteiger partial charge in [0.15, 0.2) is 0 Å². The Labute approximate surface area is 177 Å². The molecule has 0 aromatic heterocycles. The van der Waals surface area contributed by atoms with Gasteiger partial charge in [-0.25, -0.2) is 0 Å². The Morgan fingerprint density at radius 3 is 1.89 bits per heavy atom. The number of aliphatic hydroxyl groups is 1. The molecule has 1 N–H and O–H groups in total. The van der Waals surface area contributed by atoms with Crippen LogP contribution in [-0.2, 0) is 9.47 Å². The smallest absolute Gasteiger partial charge is 0.108 e. The quantitative estimate of drug-likeness (QED) is 0.707. The molecule has 0 radical (unpaired) electrons. The van der Waals surface area contributed by atoms with Crippen LogP contribution in [0.25, 0.3) is 0 Å². The highest BCUT2D eigenvalue weighted by molar-refractivity contribution is 6.30. The summed E-state index contributed by atoms with van der Waals surface area (Å²) in [6.07, 6.45) is -0.535. The molecule has 152 valence electrons. The van der Waals surface area contributed by atoms with E-state index < -0.39 is 6.10 Å². The molecule has 0 aliphatic carbocycles. The van der Waals surface area contributed by atoms with Crippen LogP contribution in [0.2, 0.25) is 10.0 Å². The Morgan fingerprint density at radius 2 is 1.43 bits per heavy atom. The van der Waals surface area contributed by atoms with Gasteiger partial charge in [-0.2, -0.15) is 0 Å². The highest BCUT2D eigenvalue weighted by Crippen LogP contribution is 2.28. The van der Waals surface area contributed by atoms with E-state index in [1.807, 2.05) is 48.5 Å². The number of hydrogen-bond acceptors (Lipinski definition) is 4. The van der Waals surface area contributed by atoms with Crippen LogP contribution in [0.15, 0.2) is 48.5 Å². The van der Waals surface area contributed by atoms with Gasteiger partial charge < -0.3 is 14.6 Å². The van der Waals surface area contributed by atoms with Gasteiger partial charge in [0.2, 0.25) is 0 Å². The highest BCUT2D eigenvalue weighted by Gasteiger charge is 2.24. The fourth-order valence-corrected chi connectivity index (χ4v) is 3.90. The third kappa shape index (κ3) is 6.18. The first-order chi connectivity index (χ1) is 13.4. The van der Waals surface area contributed by atoms with Gasteiger partial charge in [0.1, 0.15) is 6.10 Å². The molecule has 0 unspecified atom stereocenters. The molecule has 0 amide bonds. The molecule has 2 aromatic carbocycles. The molecule has 0 bridgehead atoms. The van der Waals surface area contributed by atoms with E-state index in [1.165, 1.54) is 0 Å². The summed E-state index contributed by atoms with van der Waals surface area (Å²) in [6.45, 7) is 6.55. The van der Waals surface area contributed by atoms with Crippen molar-refractivity contribution in [3.63, 3.8) is 0 Å². The fraction of sp³-hybridized carbons (Fsp3) is 0.455. The summed E-state index contributed by atoms with van der Waals surface area (Å²) in [7, 11) is 0. The van der Waals surface area contributed by atoms with Gasteiger partial charge in [0, 0.05) is 29.7 Å². The van der Waals surface area contributed by atoms with Crippen molar-refractivity contribution in [1.29, 1.82) is 0 Å². The Balaban J connectivity index is 1.65. The van der Waals surface area contributed by atoms with E-state index in [2.05, 4.69) is 18.7 Å². The number of morpholine rings is 1. The summed E-state index contributed by atoms with van der Waals surface area (Å²) in [5.74, 6) is 0. The normalized spacial score (nSPS) is 21.8. The van der Waals surface area contributed by atoms with Gasteiger partial charge in [0.05, 0.1) is 24.9 Å². The third-order valence-corrected chi connectivity index (χ3v) is 5.27. The second-order valence-electron chi connectivity index (χ2n) is 7.45. The number of halogens is 2. The van der Waals surface area contributed by atoms with E-state index in [0.717, 1.165) is 24.2 Å². The zero-order valence-electron chi connectivity index (χ0n) is 16.2. The summed E-state index contributed by atoms with van der Waals surface area (Å²) in [5.41, 5.74) is 1.96. The fourth-order valence-electron chi connectivity index (χ4n) is 3.65. The Bertz CT molecular complexity index is 683. The molecule has 3 rings (SSSR count). The number of β-amino-alcohol motifs (C(OH)–C–C–N with tert-alkyl or cyclic N) is 1. The van der Waals surface area contributed by atoms with Crippen molar-refractivity contribution in [2.24, 2.45) is 0 Å². The lowest BCUT2D eigenvalue weighted by molar-refractivity contribution is -0.0843. The number of rotatable bonds is 7. The lowest BCUT2D eigenvalue weighted by Gasteiger charge is -2.36. The number of benzene rings is 2. The number of aliphatic hydroxyl groups excluding tert-OH is 1. The maximum atomic E-state index is 10.6. The molecular formula is C22H27Cl2NO3. The SMILES string of the molecule is C[C@@H]1CN(C[C@H](O)COC(c2ccc(Cl)cc2)c2ccc(Cl)cc2)C[C@H](C)O1. The summed E-state index contributed by atoms with van der Waals surface area (Å²) in [6, 6.07) is 15.1.